The van der Waals surface area contributed by atoms with Gasteiger partial charge in [-0.2, -0.15) is 0 Å². The van der Waals surface area contributed by atoms with Crippen LogP contribution in [0.4, 0.5) is 4.79 Å². The highest BCUT2D eigenvalue weighted by Gasteiger charge is 2.55. The lowest BCUT2D eigenvalue weighted by Crippen LogP contribution is -2.55. The highest BCUT2D eigenvalue weighted by molar-refractivity contribution is 6.07. The molecule has 1 aliphatic heterocycles. The van der Waals surface area contributed by atoms with Crippen LogP contribution in [0.1, 0.15) is 102 Å². The van der Waals surface area contributed by atoms with Crippen molar-refractivity contribution in [2.45, 2.75) is 109 Å². The van der Waals surface area contributed by atoms with E-state index in [4.69, 9.17) is 0 Å². The maximum atomic E-state index is 14.2. The topological polar surface area (TPSA) is 52.6 Å². The minimum absolute atomic E-state index is 0.0266. The Morgan fingerprint density at radius 1 is 0.868 bits per heavy atom. The third kappa shape index (κ3) is 6.97. The van der Waals surface area contributed by atoms with E-state index in [1.165, 1.54) is 73.5 Å². The van der Waals surface area contributed by atoms with Gasteiger partial charge in [-0.1, -0.05) is 120 Å². The Hall–Kier alpha value is -2.40. The zero-order chi connectivity index (χ0) is 26.8. The first-order valence-corrected chi connectivity index (χ1v) is 15.3. The summed E-state index contributed by atoms with van der Waals surface area (Å²) in [4.78, 5) is 31.1. The first-order valence-electron chi connectivity index (χ1n) is 15.3. The molecule has 2 aromatic carbocycles. The van der Waals surface area contributed by atoms with Crippen LogP contribution in [0, 0.1) is 5.92 Å². The molecule has 5 heteroatoms. The lowest BCUT2D eigenvalue weighted by Gasteiger charge is -2.38. The smallest absolute Gasteiger partial charge is 0.322 e. The van der Waals surface area contributed by atoms with Crippen molar-refractivity contribution in [3.63, 3.8) is 0 Å². The monoisotopic (exact) mass is 519 g/mol. The van der Waals surface area contributed by atoms with E-state index in [1.807, 2.05) is 7.05 Å². The summed E-state index contributed by atoms with van der Waals surface area (Å²) in [5, 5.41) is 5.62. The summed E-state index contributed by atoms with van der Waals surface area (Å²) >= 11 is 0. The maximum Gasteiger partial charge on any atom is 0.326 e. The van der Waals surface area contributed by atoms with Crippen LogP contribution in [0.25, 0.3) is 10.8 Å². The van der Waals surface area contributed by atoms with E-state index < -0.39 is 5.54 Å². The Bertz CT molecular complexity index is 1040. The van der Waals surface area contributed by atoms with Gasteiger partial charge >= 0.3 is 6.03 Å². The van der Waals surface area contributed by atoms with Crippen LogP contribution in [-0.4, -0.2) is 47.5 Å². The summed E-state index contributed by atoms with van der Waals surface area (Å²) in [6.07, 6.45) is 17.7. The van der Waals surface area contributed by atoms with E-state index in [9.17, 15) is 9.59 Å². The van der Waals surface area contributed by atoms with Crippen LogP contribution >= 0.6 is 0 Å². The highest BCUT2D eigenvalue weighted by atomic mass is 16.2. The number of hydrogen-bond acceptors (Lipinski definition) is 3. The predicted molar refractivity (Wildman–Crippen MR) is 157 cm³/mol. The number of hydrogen-bond donors (Lipinski definition) is 1. The zero-order valence-corrected chi connectivity index (χ0v) is 23.9. The van der Waals surface area contributed by atoms with Crippen molar-refractivity contribution in [1.29, 1.82) is 0 Å². The summed E-state index contributed by atoms with van der Waals surface area (Å²) in [5.41, 5.74) is 0.299. The molecule has 1 unspecified atom stereocenters. The van der Waals surface area contributed by atoms with Crippen LogP contribution in [0.15, 0.2) is 42.5 Å². The van der Waals surface area contributed by atoms with Crippen molar-refractivity contribution < 1.29 is 9.59 Å². The number of carbonyl (C=O) groups excluding carboxylic acids is 2. The summed E-state index contributed by atoms with van der Waals surface area (Å²) in [6, 6.07) is 14.5. The Morgan fingerprint density at radius 3 is 2.26 bits per heavy atom. The molecule has 0 spiro atoms. The van der Waals surface area contributed by atoms with Gasteiger partial charge in [0, 0.05) is 6.42 Å². The number of nitrogens with zero attached hydrogens (tertiary/aromatic N) is 2. The van der Waals surface area contributed by atoms with Crippen molar-refractivity contribution in [2.75, 3.05) is 20.3 Å². The van der Waals surface area contributed by atoms with Gasteiger partial charge in [-0.05, 0) is 55.1 Å². The van der Waals surface area contributed by atoms with Crippen molar-refractivity contribution in [3.05, 3.63) is 48.0 Å². The van der Waals surface area contributed by atoms with Gasteiger partial charge < -0.3 is 5.32 Å². The molecule has 1 heterocycles. The fraction of sp³-hybridized carbons (Fsp3) is 0.636. The molecule has 208 valence electrons. The number of rotatable bonds is 15. The highest BCUT2D eigenvalue weighted by Crippen LogP contribution is 2.40. The Balaban J connectivity index is 1.38. The number of unbranched alkanes of at least 4 members (excludes halogenated alkanes) is 8. The predicted octanol–water partition coefficient (Wildman–Crippen LogP) is 7.67. The molecule has 0 aromatic heterocycles. The number of nitrogens with one attached hydrogen (secondary N) is 1. The number of amides is 3. The molecule has 3 amide bonds. The average molecular weight is 520 g/mol. The summed E-state index contributed by atoms with van der Waals surface area (Å²) in [6.45, 7) is 3.54. The molecule has 2 aliphatic rings. The van der Waals surface area contributed by atoms with E-state index in [0.29, 0.717) is 13.1 Å². The van der Waals surface area contributed by atoms with Gasteiger partial charge in [0.15, 0.2) is 0 Å². The second kappa shape index (κ2) is 14.1. The molecule has 1 N–H and O–H groups in total. The number of imide groups is 1. The maximum absolute atomic E-state index is 14.2. The molecule has 2 aromatic rings. The minimum atomic E-state index is -0.847. The van der Waals surface area contributed by atoms with Crippen molar-refractivity contribution >= 4 is 22.7 Å². The van der Waals surface area contributed by atoms with Gasteiger partial charge in [0.2, 0.25) is 0 Å². The lowest BCUT2D eigenvalue weighted by atomic mass is 9.71. The van der Waals surface area contributed by atoms with Crippen molar-refractivity contribution in [3.8, 4) is 0 Å². The molecule has 0 bridgehead atoms. The standard InChI is InChI=1S/C33H49N3O2/c1-3-4-5-6-7-8-9-10-16-24-35(2)26-36-31(37)33(34-32(36)38,29-21-12-11-13-22-29)25-28-20-17-19-27-18-14-15-23-30(27)28/h14-15,17-20,23,29H,3-13,16,21-22,24-26H2,1-2H3,(H,34,38). The van der Waals surface area contributed by atoms with E-state index >= 15 is 0 Å². The van der Waals surface area contributed by atoms with E-state index in [-0.39, 0.29) is 17.9 Å². The first kappa shape index (κ1) is 28.6. The van der Waals surface area contributed by atoms with Crippen molar-refractivity contribution in [1.82, 2.24) is 15.1 Å². The normalized spacial score (nSPS) is 20.6. The van der Waals surface area contributed by atoms with Crippen LogP contribution in [0.2, 0.25) is 0 Å². The van der Waals surface area contributed by atoms with Crippen LogP contribution in [-0.2, 0) is 11.2 Å². The molecular weight excluding hydrogens is 470 g/mol. The molecule has 0 radical (unpaired) electrons. The fourth-order valence-electron chi connectivity index (χ4n) is 6.66. The molecule has 5 nitrogen and oxygen atoms in total. The fourth-order valence-corrected chi connectivity index (χ4v) is 6.66. The number of benzene rings is 2. The first-order chi connectivity index (χ1) is 18.5. The SMILES string of the molecule is CCCCCCCCCCCN(C)CN1C(=O)NC(Cc2cccc3ccccc23)(C2CCCCC2)C1=O. The summed E-state index contributed by atoms with van der Waals surface area (Å²) in [7, 11) is 2.04. The van der Waals surface area contributed by atoms with Crippen LogP contribution in [0.3, 0.4) is 0 Å². The third-order valence-electron chi connectivity index (χ3n) is 8.88. The van der Waals surface area contributed by atoms with Crippen molar-refractivity contribution in [2.24, 2.45) is 5.92 Å². The summed E-state index contributed by atoms with van der Waals surface area (Å²) < 4.78 is 0. The molecule has 1 aliphatic carbocycles. The lowest BCUT2D eigenvalue weighted by molar-refractivity contribution is -0.135. The van der Waals surface area contributed by atoms with Gasteiger partial charge in [0.1, 0.15) is 5.54 Å². The largest absolute Gasteiger partial charge is 0.326 e. The Kier molecular flexibility index (Phi) is 10.6. The van der Waals surface area contributed by atoms with E-state index in [2.05, 4.69) is 59.6 Å². The van der Waals surface area contributed by atoms with Gasteiger partial charge in [0.05, 0.1) is 6.67 Å². The van der Waals surface area contributed by atoms with Crippen LogP contribution in [0.5, 0.6) is 0 Å². The van der Waals surface area contributed by atoms with Gasteiger partial charge in [0.25, 0.3) is 5.91 Å². The minimum Gasteiger partial charge on any atom is -0.322 e. The molecule has 4 rings (SSSR count). The van der Waals surface area contributed by atoms with Gasteiger partial charge in [-0.3, -0.25) is 9.69 Å². The number of carbonyl (C=O) groups is 2. The van der Waals surface area contributed by atoms with E-state index in [0.717, 1.165) is 44.2 Å². The molecular formula is C33H49N3O2. The van der Waals surface area contributed by atoms with E-state index in [1.54, 1.807) is 0 Å². The third-order valence-corrected chi connectivity index (χ3v) is 8.88. The molecule has 2 fully saturated rings. The Labute approximate surface area is 230 Å². The summed E-state index contributed by atoms with van der Waals surface area (Å²) in [5.74, 6) is 0.153. The van der Waals surface area contributed by atoms with Gasteiger partial charge in [-0.15, -0.1) is 0 Å². The number of fused-ring (bicyclic) bond motifs is 1. The zero-order valence-electron chi connectivity index (χ0n) is 23.9. The second-order valence-electron chi connectivity index (χ2n) is 11.8. The molecule has 1 saturated heterocycles. The molecule has 1 atom stereocenters. The van der Waals surface area contributed by atoms with Crippen LogP contribution < -0.4 is 5.32 Å². The Morgan fingerprint density at radius 2 is 1.53 bits per heavy atom. The number of urea groups is 1. The molecule has 38 heavy (non-hydrogen) atoms. The average Bonchev–Trinajstić information content (AvgIpc) is 3.17. The second-order valence-corrected chi connectivity index (χ2v) is 11.8. The molecule has 1 saturated carbocycles. The van der Waals surface area contributed by atoms with Gasteiger partial charge in [-0.25, -0.2) is 9.69 Å². The quantitative estimate of drug-likeness (QED) is 0.194.